The van der Waals surface area contributed by atoms with Crippen LogP contribution in [0.15, 0.2) is 251 Å². The van der Waals surface area contributed by atoms with Gasteiger partial charge >= 0.3 is 0 Å². The number of rotatable bonds is 7. The summed E-state index contributed by atoms with van der Waals surface area (Å²) in [5.74, 6) is 0. The predicted molar refractivity (Wildman–Crippen MR) is 284 cm³/mol. The summed E-state index contributed by atoms with van der Waals surface area (Å²) in [6.07, 6.45) is 0. The molecule has 0 amide bonds. The van der Waals surface area contributed by atoms with Crippen LogP contribution in [-0.4, -0.2) is 4.57 Å². The number of aromatic nitrogens is 1. The molecule has 0 aliphatic heterocycles. The average Bonchev–Trinajstić information content (AvgIpc) is 4.10. The first-order chi connectivity index (χ1) is 33.7. The van der Waals surface area contributed by atoms with Crippen molar-refractivity contribution in [3.63, 3.8) is 0 Å². The van der Waals surface area contributed by atoms with Gasteiger partial charge in [0.1, 0.15) is 22.3 Å². The summed E-state index contributed by atoms with van der Waals surface area (Å²) >= 11 is 0. The van der Waals surface area contributed by atoms with Crippen molar-refractivity contribution in [3.8, 4) is 39.1 Å². The van der Waals surface area contributed by atoms with Gasteiger partial charge in [-0.1, -0.05) is 170 Å². The van der Waals surface area contributed by atoms with E-state index >= 15 is 0 Å². The fourth-order valence-electron chi connectivity index (χ4n) is 10.7. The minimum absolute atomic E-state index is 0.867. The van der Waals surface area contributed by atoms with Gasteiger partial charge in [-0.15, -0.1) is 0 Å². The lowest BCUT2D eigenvalue weighted by Gasteiger charge is -2.28. The molecule has 0 spiro atoms. The van der Waals surface area contributed by atoms with Crippen molar-refractivity contribution >= 4 is 93.5 Å². The number of nitrogens with zero attached hydrogens (tertiary/aromatic N) is 2. The Morgan fingerprint density at radius 2 is 0.897 bits per heavy atom. The van der Waals surface area contributed by atoms with Gasteiger partial charge in [-0.2, -0.15) is 0 Å². The zero-order chi connectivity index (χ0) is 44.7. The fraction of sp³-hybridized carbons (Fsp3) is 0. The average molecular weight is 869 g/mol. The van der Waals surface area contributed by atoms with Crippen molar-refractivity contribution < 1.29 is 8.83 Å². The Labute approximate surface area is 391 Å². The van der Waals surface area contributed by atoms with E-state index in [1.54, 1.807) is 0 Å². The molecule has 0 saturated carbocycles. The van der Waals surface area contributed by atoms with Gasteiger partial charge in [0.15, 0.2) is 0 Å². The van der Waals surface area contributed by atoms with Gasteiger partial charge in [0, 0.05) is 65.9 Å². The number of hydrogen-bond acceptors (Lipinski definition) is 3. The van der Waals surface area contributed by atoms with Crippen molar-refractivity contribution in [3.05, 3.63) is 243 Å². The highest BCUT2D eigenvalue weighted by molar-refractivity contribution is 6.20. The van der Waals surface area contributed by atoms with Crippen LogP contribution in [0.3, 0.4) is 0 Å². The maximum Gasteiger partial charge on any atom is 0.143 e. The van der Waals surface area contributed by atoms with Crippen molar-refractivity contribution in [1.82, 2.24) is 4.57 Å². The Morgan fingerprint density at radius 1 is 0.324 bits per heavy atom. The van der Waals surface area contributed by atoms with Crippen LogP contribution >= 0.6 is 0 Å². The normalized spacial score (nSPS) is 11.8. The Hall–Kier alpha value is -9.12. The summed E-state index contributed by atoms with van der Waals surface area (Å²) < 4.78 is 15.6. The molecule has 0 bridgehead atoms. The van der Waals surface area contributed by atoms with Crippen LogP contribution in [0.25, 0.3) is 116 Å². The lowest BCUT2D eigenvalue weighted by molar-refractivity contribution is 0.670. The van der Waals surface area contributed by atoms with Crippen LogP contribution in [-0.2, 0) is 0 Å². The third-order valence-corrected chi connectivity index (χ3v) is 13.8. The second-order valence-electron chi connectivity index (χ2n) is 17.6. The van der Waals surface area contributed by atoms with Crippen molar-refractivity contribution in [2.24, 2.45) is 0 Å². The molecule has 3 aromatic heterocycles. The second-order valence-corrected chi connectivity index (χ2v) is 17.6. The largest absolute Gasteiger partial charge is 0.455 e. The van der Waals surface area contributed by atoms with Gasteiger partial charge in [0.2, 0.25) is 0 Å². The first-order valence-corrected chi connectivity index (χ1v) is 23.2. The molecule has 318 valence electrons. The monoisotopic (exact) mass is 868 g/mol. The van der Waals surface area contributed by atoms with Crippen LogP contribution in [0.2, 0.25) is 0 Å². The molecule has 0 fully saturated rings. The standard InChI is InChI=1S/C64H40N2O2/c1-2-17-48-42(14-1)34-39-56-62-54(23-13-29-61(62)68-64(48)56)52-20-5-7-25-57(52)65(46-37-32-43(33-38-46)49-22-12-24-55-53-21-6-10-28-60(53)67-63(49)55)45-35-30-41(31-36-45)44-15-11-16-47(40-44)66-58-26-8-3-18-50(58)51-19-4-9-27-59(51)66/h1-40H. The zero-order valence-electron chi connectivity index (χ0n) is 36.8. The molecule has 68 heavy (non-hydrogen) atoms. The number of fused-ring (bicyclic) bond motifs is 11. The lowest BCUT2D eigenvalue weighted by Crippen LogP contribution is -2.11. The van der Waals surface area contributed by atoms with Gasteiger partial charge < -0.3 is 18.3 Å². The Kier molecular flexibility index (Phi) is 8.55. The molecule has 0 atom stereocenters. The van der Waals surface area contributed by atoms with E-state index in [0.717, 1.165) is 111 Å². The first kappa shape index (κ1) is 38.2. The van der Waals surface area contributed by atoms with Gasteiger partial charge in [0.25, 0.3) is 0 Å². The maximum atomic E-state index is 6.71. The summed E-state index contributed by atoms with van der Waals surface area (Å²) in [7, 11) is 0. The summed E-state index contributed by atoms with van der Waals surface area (Å²) in [5.41, 5.74) is 16.9. The van der Waals surface area contributed by atoms with Crippen LogP contribution in [0, 0.1) is 0 Å². The molecule has 0 aliphatic carbocycles. The lowest BCUT2D eigenvalue weighted by atomic mass is 9.96. The number of anilines is 3. The van der Waals surface area contributed by atoms with Gasteiger partial charge in [-0.25, -0.2) is 0 Å². The third-order valence-electron chi connectivity index (χ3n) is 13.8. The number of furan rings is 2. The molecule has 14 rings (SSSR count). The van der Waals surface area contributed by atoms with Gasteiger partial charge in [-0.3, -0.25) is 0 Å². The minimum Gasteiger partial charge on any atom is -0.455 e. The highest BCUT2D eigenvalue weighted by Gasteiger charge is 2.22. The zero-order valence-corrected chi connectivity index (χ0v) is 36.8. The van der Waals surface area contributed by atoms with Crippen LogP contribution < -0.4 is 4.90 Å². The van der Waals surface area contributed by atoms with E-state index in [1.165, 1.54) is 21.8 Å². The fourth-order valence-corrected chi connectivity index (χ4v) is 10.7. The summed E-state index contributed by atoms with van der Waals surface area (Å²) in [4.78, 5) is 2.38. The topological polar surface area (TPSA) is 34.5 Å². The van der Waals surface area contributed by atoms with Crippen LogP contribution in [0.4, 0.5) is 17.1 Å². The molecule has 0 aliphatic rings. The molecule has 0 radical (unpaired) electrons. The number of benzene rings is 11. The van der Waals surface area contributed by atoms with E-state index in [1.807, 2.05) is 12.1 Å². The Morgan fingerprint density at radius 3 is 1.69 bits per heavy atom. The number of para-hydroxylation sites is 5. The molecular weight excluding hydrogens is 829 g/mol. The molecule has 0 N–H and O–H groups in total. The molecule has 4 nitrogen and oxygen atoms in total. The highest BCUT2D eigenvalue weighted by Crippen LogP contribution is 2.47. The molecule has 11 aromatic carbocycles. The Balaban J connectivity index is 0.916. The van der Waals surface area contributed by atoms with E-state index in [0.29, 0.717) is 0 Å². The predicted octanol–water partition coefficient (Wildman–Crippen LogP) is 18.2. The Bertz CT molecular complexity index is 4210. The summed E-state index contributed by atoms with van der Waals surface area (Å²) in [5, 5.41) is 9.23. The van der Waals surface area contributed by atoms with E-state index in [9.17, 15) is 0 Å². The molecule has 4 heteroatoms. The van der Waals surface area contributed by atoms with E-state index in [2.05, 4.69) is 240 Å². The van der Waals surface area contributed by atoms with E-state index in [4.69, 9.17) is 8.83 Å². The van der Waals surface area contributed by atoms with E-state index in [-0.39, 0.29) is 0 Å². The quantitative estimate of drug-likeness (QED) is 0.160. The van der Waals surface area contributed by atoms with Gasteiger partial charge in [0.05, 0.1) is 16.7 Å². The third kappa shape index (κ3) is 5.94. The van der Waals surface area contributed by atoms with Crippen LogP contribution in [0.1, 0.15) is 0 Å². The molecule has 3 heterocycles. The van der Waals surface area contributed by atoms with E-state index < -0.39 is 0 Å². The summed E-state index contributed by atoms with van der Waals surface area (Å²) in [6, 6.07) is 86.9. The maximum absolute atomic E-state index is 6.71. The molecule has 14 aromatic rings. The molecule has 0 unspecified atom stereocenters. The second kappa shape index (κ2) is 15.2. The van der Waals surface area contributed by atoms with Crippen molar-refractivity contribution in [2.75, 3.05) is 4.90 Å². The van der Waals surface area contributed by atoms with Gasteiger partial charge in [-0.05, 0) is 100 Å². The number of hydrogen-bond donors (Lipinski definition) is 0. The van der Waals surface area contributed by atoms with Crippen molar-refractivity contribution in [2.45, 2.75) is 0 Å². The first-order valence-electron chi connectivity index (χ1n) is 23.2. The van der Waals surface area contributed by atoms with Crippen molar-refractivity contribution in [1.29, 1.82) is 0 Å². The van der Waals surface area contributed by atoms with Crippen LogP contribution in [0.5, 0.6) is 0 Å². The SMILES string of the molecule is c1cc(-c2ccc(N(c3ccc(-c4cccc5c4oc4ccccc45)cc3)c3ccccc3-c3cccc4oc5c6ccccc6ccc5c34)cc2)cc(-n2c3ccccc3c3ccccc32)c1. The molecular formula is C64H40N2O2. The molecule has 0 saturated heterocycles. The minimum atomic E-state index is 0.867. The summed E-state index contributed by atoms with van der Waals surface area (Å²) in [6.45, 7) is 0. The highest BCUT2D eigenvalue weighted by atomic mass is 16.3. The smallest absolute Gasteiger partial charge is 0.143 e.